The Hall–Kier alpha value is -0.570. The molecular formula is C16H32O3. The normalized spacial score (nSPS) is 13.8. The summed E-state index contributed by atoms with van der Waals surface area (Å²) in [6.07, 6.45) is 1.24. The first kappa shape index (κ1) is 18.4. The van der Waals surface area contributed by atoms with Crippen LogP contribution in [0.25, 0.3) is 0 Å². The highest BCUT2D eigenvalue weighted by molar-refractivity contribution is 5.76. The molecule has 0 saturated heterocycles. The van der Waals surface area contributed by atoms with Gasteiger partial charge in [-0.3, -0.25) is 4.79 Å². The van der Waals surface area contributed by atoms with E-state index in [1.165, 1.54) is 0 Å². The Kier molecular flexibility index (Phi) is 6.07. The molecule has 0 aromatic heterocycles. The molecular weight excluding hydrogens is 240 g/mol. The van der Waals surface area contributed by atoms with Crippen molar-refractivity contribution in [3.05, 3.63) is 0 Å². The van der Waals surface area contributed by atoms with Gasteiger partial charge in [0.05, 0.1) is 5.41 Å². The van der Waals surface area contributed by atoms with Crippen molar-refractivity contribution in [1.82, 2.24) is 0 Å². The lowest BCUT2D eigenvalue weighted by Gasteiger charge is -2.38. The van der Waals surface area contributed by atoms with Gasteiger partial charge in [-0.25, -0.2) is 0 Å². The molecule has 0 heterocycles. The van der Waals surface area contributed by atoms with Crippen molar-refractivity contribution in [3.8, 4) is 0 Å². The summed E-state index contributed by atoms with van der Waals surface area (Å²) < 4.78 is 5.57. The van der Waals surface area contributed by atoms with Gasteiger partial charge in [-0.2, -0.15) is 0 Å². The van der Waals surface area contributed by atoms with Gasteiger partial charge in [0.15, 0.2) is 0 Å². The number of hydrogen-bond acceptors (Lipinski definition) is 3. The van der Waals surface area contributed by atoms with Crippen molar-refractivity contribution < 1.29 is 14.6 Å². The molecule has 0 spiro atoms. The molecule has 0 unspecified atom stereocenters. The minimum Gasteiger partial charge on any atom is -0.459 e. The first-order valence-electron chi connectivity index (χ1n) is 7.18. The number of ether oxygens (including phenoxy) is 1. The van der Waals surface area contributed by atoms with Crippen molar-refractivity contribution in [2.75, 3.05) is 6.61 Å². The van der Waals surface area contributed by atoms with Gasteiger partial charge < -0.3 is 9.84 Å². The Morgan fingerprint density at radius 1 is 1.11 bits per heavy atom. The number of rotatable bonds is 7. The third-order valence-electron chi connectivity index (χ3n) is 4.10. The van der Waals surface area contributed by atoms with Gasteiger partial charge in [0, 0.05) is 13.0 Å². The lowest BCUT2D eigenvalue weighted by Crippen LogP contribution is -2.39. The monoisotopic (exact) mass is 272 g/mol. The SMILES string of the molecule is CC(C)C(C)(C)CC(C)(C)C(=O)OC(C)(C)CCO. The van der Waals surface area contributed by atoms with Crippen LogP contribution in [-0.2, 0) is 9.53 Å². The average Bonchev–Trinajstić information content (AvgIpc) is 2.14. The second kappa shape index (κ2) is 6.25. The summed E-state index contributed by atoms with van der Waals surface area (Å²) in [4.78, 5) is 12.4. The molecule has 0 atom stereocenters. The number of aliphatic hydroxyl groups excluding tert-OH is 1. The second-order valence-corrected chi connectivity index (χ2v) is 7.83. The second-order valence-electron chi connectivity index (χ2n) is 7.83. The quantitative estimate of drug-likeness (QED) is 0.717. The topological polar surface area (TPSA) is 46.5 Å². The summed E-state index contributed by atoms with van der Waals surface area (Å²) in [6.45, 7) is 16.3. The minimum absolute atomic E-state index is 0.0260. The van der Waals surface area contributed by atoms with Crippen molar-refractivity contribution in [2.24, 2.45) is 16.7 Å². The van der Waals surface area contributed by atoms with Crippen molar-refractivity contribution in [3.63, 3.8) is 0 Å². The summed E-state index contributed by atoms with van der Waals surface area (Å²) in [5.74, 6) is 0.324. The van der Waals surface area contributed by atoms with E-state index in [0.29, 0.717) is 12.3 Å². The highest BCUT2D eigenvalue weighted by Crippen LogP contribution is 2.40. The Balaban J connectivity index is 4.78. The number of carbonyl (C=O) groups is 1. The molecule has 0 aliphatic carbocycles. The highest BCUT2D eigenvalue weighted by Gasteiger charge is 2.39. The predicted octanol–water partition coefficient (Wildman–Crippen LogP) is 3.79. The Labute approximate surface area is 118 Å². The fourth-order valence-corrected chi connectivity index (χ4v) is 2.12. The molecule has 19 heavy (non-hydrogen) atoms. The minimum atomic E-state index is -0.606. The Bertz CT molecular complexity index is 301. The smallest absolute Gasteiger partial charge is 0.312 e. The third kappa shape index (κ3) is 5.94. The third-order valence-corrected chi connectivity index (χ3v) is 4.10. The number of esters is 1. The van der Waals surface area contributed by atoms with E-state index < -0.39 is 11.0 Å². The van der Waals surface area contributed by atoms with Crippen molar-refractivity contribution in [2.45, 2.75) is 73.8 Å². The number of aliphatic hydroxyl groups is 1. The molecule has 0 aliphatic rings. The maximum absolute atomic E-state index is 12.4. The van der Waals surface area contributed by atoms with E-state index in [1.807, 2.05) is 27.7 Å². The summed E-state index contributed by atoms with van der Waals surface area (Å²) in [7, 11) is 0. The van der Waals surface area contributed by atoms with E-state index in [-0.39, 0.29) is 18.0 Å². The lowest BCUT2D eigenvalue weighted by atomic mass is 9.69. The standard InChI is InChI=1S/C16H32O3/c1-12(2)14(3,4)11-15(5,6)13(18)19-16(7,8)9-10-17/h12,17H,9-11H2,1-8H3. The van der Waals surface area contributed by atoms with Crippen LogP contribution < -0.4 is 0 Å². The van der Waals surface area contributed by atoms with E-state index in [4.69, 9.17) is 9.84 Å². The van der Waals surface area contributed by atoms with E-state index in [9.17, 15) is 4.79 Å². The van der Waals surface area contributed by atoms with Crippen LogP contribution in [0.4, 0.5) is 0 Å². The molecule has 0 aromatic carbocycles. The van der Waals surface area contributed by atoms with Crippen LogP contribution in [0.15, 0.2) is 0 Å². The Morgan fingerprint density at radius 2 is 1.58 bits per heavy atom. The molecule has 0 radical (unpaired) electrons. The van der Waals surface area contributed by atoms with Crippen molar-refractivity contribution >= 4 is 5.97 Å². The Morgan fingerprint density at radius 3 is 1.95 bits per heavy atom. The van der Waals surface area contributed by atoms with E-state index >= 15 is 0 Å². The van der Waals surface area contributed by atoms with Gasteiger partial charge >= 0.3 is 5.97 Å². The number of carbonyl (C=O) groups excluding carboxylic acids is 1. The first-order valence-corrected chi connectivity index (χ1v) is 7.18. The van der Waals surface area contributed by atoms with Gasteiger partial charge in [0.25, 0.3) is 0 Å². The molecule has 0 rings (SSSR count). The zero-order valence-electron chi connectivity index (χ0n) is 14.0. The zero-order chi connectivity index (χ0) is 15.5. The lowest BCUT2D eigenvalue weighted by molar-refractivity contribution is -0.170. The molecule has 114 valence electrons. The van der Waals surface area contributed by atoms with Crippen LogP contribution in [-0.4, -0.2) is 23.3 Å². The highest BCUT2D eigenvalue weighted by atomic mass is 16.6. The van der Waals surface area contributed by atoms with Crippen LogP contribution in [0.5, 0.6) is 0 Å². The van der Waals surface area contributed by atoms with E-state index in [0.717, 1.165) is 6.42 Å². The molecule has 0 amide bonds. The van der Waals surface area contributed by atoms with Gasteiger partial charge in [0.1, 0.15) is 5.60 Å². The summed E-state index contributed by atoms with van der Waals surface area (Å²) in [5, 5.41) is 8.99. The van der Waals surface area contributed by atoms with Gasteiger partial charge in [-0.15, -0.1) is 0 Å². The van der Waals surface area contributed by atoms with Crippen LogP contribution in [0, 0.1) is 16.7 Å². The largest absolute Gasteiger partial charge is 0.459 e. The zero-order valence-corrected chi connectivity index (χ0v) is 14.0. The van der Waals surface area contributed by atoms with Crippen LogP contribution in [0.3, 0.4) is 0 Å². The molecule has 0 fully saturated rings. The number of hydrogen-bond donors (Lipinski definition) is 1. The summed E-state index contributed by atoms with van der Waals surface area (Å²) >= 11 is 0. The molecule has 3 nitrogen and oxygen atoms in total. The fourth-order valence-electron chi connectivity index (χ4n) is 2.12. The molecule has 0 saturated carbocycles. The maximum atomic E-state index is 12.4. The molecule has 1 N–H and O–H groups in total. The molecule has 0 aromatic rings. The van der Waals surface area contributed by atoms with E-state index in [2.05, 4.69) is 27.7 Å². The van der Waals surface area contributed by atoms with Crippen molar-refractivity contribution in [1.29, 1.82) is 0 Å². The van der Waals surface area contributed by atoms with Crippen LogP contribution in [0.1, 0.15) is 68.2 Å². The van der Waals surface area contributed by atoms with Gasteiger partial charge in [0.2, 0.25) is 0 Å². The van der Waals surface area contributed by atoms with Gasteiger partial charge in [-0.1, -0.05) is 27.7 Å². The predicted molar refractivity (Wildman–Crippen MR) is 78.9 cm³/mol. The maximum Gasteiger partial charge on any atom is 0.312 e. The van der Waals surface area contributed by atoms with Crippen LogP contribution in [0.2, 0.25) is 0 Å². The van der Waals surface area contributed by atoms with Gasteiger partial charge in [-0.05, 0) is 45.4 Å². The molecule has 3 heteroatoms. The van der Waals surface area contributed by atoms with E-state index in [1.54, 1.807) is 0 Å². The molecule has 0 bridgehead atoms. The fraction of sp³-hybridized carbons (Fsp3) is 0.938. The summed E-state index contributed by atoms with van der Waals surface area (Å²) in [6, 6.07) is 0. The molecule has 0 aliphatic heterocycles. The average molecular weight is 272 g/mol. The summed E-state index contributed by atoms with van der Waals surface area (Å²) in [5.41, 5.74) is -1.03. The first-order chi connectivity index (χ1) is 8.34. The van der Waals surface area contributed by atoms with Crippen LogP contribution >= 0.6 is 0 Å².